The number of fused-ring (bicyclic) bond motifs is 13. The largest absolute Gasteiger partial charge is 0.0725 e. The lowest BCUT2D eigenvalue weighted by Gasteiger charge is -2.35. The SMILES string of the molecule is Cc1ccc(C2(c3ccc(C)cc3)c3ccccc3-c3cc4c(cc32)-c2ccccc2C42c3ccccc3-c3ccccc32)cc1. The van der Waals surface area contributed by atoms with Crippen LogP contribution < -0.4 is 0 Å². The summed E-state index contributed by atoms with van der Waals surface area (Å²) < 4.78 is 0. The second-order valence-electron chi connectivity index (χ2n) is 13.4. The van der Waals surface area contributed by atoms with E-state index in [1.54, 1.807) is 0 Å². The van der Waals surface area contributed by atoms with Gasteiger partial charge in [-0.1, -0.05) is 157 Å². The number of hydrogen-bond acceptors (Lipinski definition) is 0. The van der Waals surface area contributed by atoms with Crippen LogP contribution in [-0.4, -0.2) is 0 Å². The molecule has 46 heavy (non-hydrogen) atoms. The van der Waals surface area contributed by atoms with Crippen molar-refractivity contribution < 1.29 is 0 Å². The molecule has 10 rings (SSSR count). The molecule has 0 aliphatic heterocycles. The quantitative estimate of drug-likeness (QED) is 0.190. The van der Waals surface area contributed by atoms with Crippen LogP contribution in [0, 0.1) is 13.8 Å². The van der Waals surface area contributed by atoms with E-state index in [2.05, 4.69) is 172 Å². The minimum atomic E-state index is -0.432. The second kappa shape index (κ2) is 9.05. The first-order valence-corrected chi connectivity index (χ1v) is 16.4. The van der Waals surface area contributed by atoms with Crippen LogP contribution >= 0.6 is 0 Å². The Morgan fingerprint density at radius 2 is 0.587 bits per heavy atom. The maximum Gasteiger partial charge on any atom is 0.0725 e. The number of hydrogen-bond donors (Lipinski definition) is 0. The number of aryl methyl sites for hydroxylation is 2. The standard InChI is InChI=1S/C46H32/c1-29-19-23-31(24-20-29)45(32-25-21-30(2)22-26-32)39-15-7-5-13-35(39)37-28-44-38(27-43(37)45)36-14-6-10-18-42(36)46(44)40-16-8-3-11-33(40)34-12-4-9-17-41(34)46/h3-28H,1-2H3. The van der Waals surface area contributed by atoms with Crippen LogP contribution in [0.4, 0.5) is 0 Å². The van der Waals surface area contributed by atoms with E-state index in [0.29, 0.717) is 0 Å². The van der Waals surface area contributed by atoms with Gasteiger partial charge in [-0.3, -0.25) is 0 Å². The first kappa shape index (κ1) is 25.8. The van der Waals surface area contributed by atoms with Gasteiger partial charge in [-0.05, 0) is 104 Å². The predicted molar refractivity (Wildman–Crippen MR) is 190 cm³/mol. The molecule has 0 saturated heterocycles. The Morgan fingerprint density at radius 3 is 0.978 bits per heavy atom. The summed E-state index contributed by atoms with van der Waals surface area (Å²) in [5.74, 6) is 0. The van der Waals surface area contributed by atoms with Gasteiger partial charge in [0.15, 0.2) is 0 Å². The van der Waals surface area contributed by atoms with Gasteiger partial charge >= 0.3 is 0 Å². The summed E-state index contributed by atoms with van der Waals surface area (Å²) in [6, 6.07) is 60.1. The van der Waals surface area contributed by atoms with E-state index < -0.39 is 5.41 Å². The van der Waals surface area contributed by atoms with Crippen molar-refractivity contribution >= 4 is 0 Å². The van der Waals surface area contributed by atoms with Gasteiger partial charge in [0.25, 0.3) is 0 Å². The van der Waals surface area contributed by atoms with Gasteiger partial charge in [-0.25, -0.2) is 0 Å². The third-order valence-corrected chi connectivity index (χ3v) is 11.1. The Labute approximate surface area is 270 Å². The fraction of sp³-hybridized carbons (Fsp3) is 0.0870. The Balaban J connectivity index is 1.38. The zero-order chi connectivity index (χ0) is 30.6. The van der Waals surface area contributed by atoms with Gasteiger partial charge in [-0.2, -0.15) is 0 Å². The highest BCUT2D eigenvalue weighted by Crippen LogP contribution is 2.65. The molecule has 0 heterocycles. The van der Waals surface area contributed by atoms with Gasteiger partial charge in [0.2, 0.25) is 0 Å². The molecule has 0 heteroatoms. The van der Waals surface area contributed by atoms with E-state index in [0.717, 1.165) is 0 Å². The van der Waals surface area contributed by atoms with Crippen molar-refractivity contribution in [1.29, 1.82) is 0 Å². The molecule has 7 aromatic rings. The monoisotopic (exact) mass is 584 g/mol. The van der Waals surface area contributed by atoms with Crippen molar-refractivity contribution in [3.8, 4) is 33.4 Å². The molecule has 216 valence electrons. The third-order valence-electron chi connectivity index (χ3n) is 11.1. The first-order chi connectivity index (χ1) is 22.6. The van der Waals surface area contributed by atoms with Gasteiger partial charge in [0, 0.05) is 0 Å². The van der Waals surface area contributed by atoms with Crippen LogP contribution in [0.15, 0.2) is 158 Å². The summed E-state index contributed by atoms with van der Waals surface area (Å²) in [5, 5.41) is 0. The Hall–Kier alpha value is -5.46. The van der Waals surface area contributed by atoms with Crippen molar-refractivity contribution in [1.82, 2.24) is 0 Å². The zero-order valence-electron chi connectivity index (χ0n) is 26.0. The van der Waals surface area contributed by atoms with Crippen LogP contribution in [0.5, 0.6) is 0 Å². The fourth-order valence-corrected chi connectivity index (χ4v) is 9.26. The molecular formula is C46H32. The molecule has 0 amide bonds. The minimum Gasteiger partial charge on any atom is -0.0619 e. The van der Waals surface area contributed by atoms with Crippen molar-refractivity contribution in [2.24, 2.45) is 0 Å². The van der Waals surface area contributed by atoms with E-state index >= 15 is 0 Å². The molecule has 0 atom stereocenters. The molecule has 7 aromatic carbocycles. The summed E-state index contributed by atoms with van der Waals surface area (Å²) in [6.07, 6.45) is 0. The molecule has 3 aliphatic rings. The highest BCUT2D eigenvalue weighted by atomic mass is 14.5. The van der Waals surface area contributed by atoms with Crippen LogP contribution in [0.3, 0.4) is 0 Å². The predicted octanol–water partition coefficient (Wildman–Crippen LogP) is 11.0. The van der Waals surface area contributed by atoms with Crippen molar-refractivity contribution in [3.05, 3.63) is 213 Å². The summed E-state index contributed by atoms with van der Waals surface area (Å²) >= 11 is 0. The molecular weight excluding hydrogens is 553 g/mol. The topological polar surface area (TPSA) is 0 Å². The minimum absolute atomic E-state index is 0.359. The molecule has 0 nitrogen and oxygen atoms in total. The molecule has 0 unspecified atom stereocenters. The highest BCUT2D eigenvalue weighted by Gasteiger charge is 2.54. The smallest absolute Gasteiger partial charge is 0.0619 e. The van der Waals surface area contributed by atoms with Crippen molar-refractivity contribution in [3.63, 3.8) is 0 Å². The van der Waals surface area contributed by atoms with Gasteiger partial charge in [0.1, 0.15) is 0 Å². The van der Waals surface area contributed by atoms with Gasteiger partial charge < -0.3 is 0 Å². The van der Waals surface area contributed by atoms with E-state index in [1.165, 1.54) is 89.0 Å². The molecule has 3 aliphatic carbocycles. The summed E-state index contributed by atoms with van der Waals surface area (Å²) in [7, 11) is 0. The van der Waals surface area contributed by atoms with Crippen LogP contribution in [0.2, 0.25) is 0 Å². The maximum atomic E-state index is 2.58. The number of benzene rings is 7. The van der Waals surface area contributed by atoms with E-state index in [4.69, 9.17) is 0 Å². The molecule has 0 N–H and O–H groups in total. The molecule has 0 saturated carbocycles. The molecule has 1 spiro atoms. The molecule has 0 fully saturated rings. The number of rotatable bonds is 2. The average molecular weight is 585 g/mol. The van der Waals surface area contributed by atoms with Crippen LogP contribution in [-0.2, 0) is 10.8 Å². The third kappa shape index (κ3) is 3.00. The first-order valence-electron chi connectivity index (χ1n) is 16.4. The van der Waals surface area contributed by atoms with Gasteiger partial charge in [0.05, 0.1) is 10.8 Å². The lowest BCUT2D eigenvalue weighted by molar-refractivity contribution is 0.764. The highest BCUT2D eigenvalue weighted by molar-refractivity contribution is 5.98. The van der Waals surface area contributed by atoms with Crippen LogP contribution in [0.1, 0.15) is 55.6 Å². The van der Waals surface area contributed by atoms with Gasteiger partial charge in [-0.15, -0.1) is 0 Å². The van der Waals surface area contributed by atoms with E-state index in [1.807, 2.05) is 0 Å². The Kier molecular flexibility index (Phi) is 5.08. The maximum absolute atomic E-state index is 2.58. The molecule has 0 aromatic heterocycles. The summed E-state index contributed by atoms with van der Waals surface area (Å²) in [6.45, 7) is 4.36. The normalized spacial score (nSPS) is 15.1. The molecule has 0 bridgehead atoms. The summed E-state index contributed by atoms with van der Waals surface area (Å²) in [5.41, 5.74) is 20.7. The fourth-order valence-electron chi connectivity index (χ4n) is 9.26. The Morgan fingerprint density at radius 1 is 0.283 bits per heavy atom. The van der Waals surface area contributed by atoms with Crippen molar-refractivity contribution in [2.75, 3.05) is 0 Å². The van der Waals surface area contributed by atoms with Crippen LogP contribution in [0.25, 0.3) is 33.4 Å². The Bertz CT molecular complexity index is 2280. The van der Waals surface area contributed by atoms with Crippen molar-refractivity contribution in [2.45, 2.75) is 24.7 Å². The molecule has 0 radical (unpaired) electrons. The zero-order valence-corrected chi connectivity index (χ0v) is 26.0. The average Bonchev–Trinajstić information content (AvgIpc) is 3.68. The summed E-state index contributed by atoms with van der Waals surface area (Å²) in [4.78, 5) is 0. The van der Waals surface area contributed by atoms with E-state index in [9.17, 15) is 0 Å². The second-order valence-corrected chi connectivity index (χ2v) is 13.4. The lowest BCUT2D eigenvalue weighted by atomic mass is 9.66. The van der Waals surface area contributed by atoms with E-state index in [-0.39, 0.29) is 5.41 Å². The lowest BCUT2D eigenvalue weighted by Crippen LogP contribution is -2.29.